The van der Waals surface area contributed by atoms with Crippen molar-refractivity contribution in [2.45, 2.75) is 6.42 Å². The van der Waals surface area contributed by atoms with Crippen LogP contribution in [0.3, 0.4) is 0 Å². The van der Waals surface area contributed by atoms with Gasteiger partial charge in [0.25, 0.3) is 0 Å². The van der Waals surface area contributed by atoms with E-state index >= 15 is 0 Å². The van der Waals surface area contributed by atoms with Crippen molar-refractivity contribution < 1.29 is 18.4 Å². The number of anilines is 2. The number of carbonyl (C=O) groups is 2. The Hall–Kier alpha value is -2.28. The second kappa shape index (κ2) is 6.68. The fourth-order valence-corrected chi connectivity index (χ4v) is 3.11. The molecule has 1 aliphatic heterocycles. The van der Waals surface area contributed by atoms with Crippen LogP contribution in [-0.2, 0) is 9.59 Å². The van der Waals surface area contributed by atoms with Crippen molar-refractivity contribution in [3.63, 3.8) is 0 Å². The van der Waals surface area contributed by atoms with Crippen molar-refractivity contribution in [2.75, 3.05) is 16.8 Å². The van der Waals surface area contributed by atoms with E-state index in [1.54, 1.807) is 18.2 Å². The zero-order valence-corrected chi connectivity index (χ0v) is 14.0. The van der Waals surface area contributed by atoms with Gasteiger partial charge in [-0.05, 0) is 40.2 Å². The molecule has 24 heavy (non-hydrogen) atoms. The monoisotopic (exact) mass is 394 g/mol. The van der Waals surface area contributed by atoms with E-state index in [1.807, 2.05) is 6.07 Å². The van der Waals surface area contributed by atoms with Crippen molar-refractivity contribution in [2.24, 2.45) is 5.92 Å². The third-order valence-corrected chi connectivity index (χ3v) is 4.50. The lowest BCUT2D eigenvalue weighted by atomic mass is 10.1. The van der Waals surface area contributed by atoms with Gasteiger partial charge in [0.2, 0.25) is 11.8 Å². The Morgan fingerprint density at radius 3 is 2.71 bits per heavy atom. The predicted octanol–water partition coefficient (Wildman–Crippen LogP) is 3.72. The van der Waals surface area contributed by atoms with E-state index in [9.17, 15) is 18.4 Å². The van der Waals surface area contributed by atoms with E-state index < -0.39 is 23.5 Å². The maximum absolute atomic E-state index is 13.6. The summed E-state index contributed by atoms with van der Waals surface area (Å²) in [6, 6.07) is 10.0. The van der Waals surface area contributed by atoms with Gasteiger partial charge in [0.15, 0.2) is 0 Å². The molecule has 0 bridgehead atoms. The average Bonchev–Trinajstić information content (AvgIpc) is 2.93. The number of halogens is 3. The molecule has 1 N–H and O–H groups in total. The Morgan fingerprint density at radius 1 is 1.21 bits per heavy atom. The third kappa shape index (κ3) is 3.31. The zero-order chi connectivity index (χ0) is 17.3. The standard InChI is InChI=1S/C17H13BrF2N2O2/c18-12-3-1-2-4-15(12)22-9-10(7-16(22)23)17(24)21-14-8-11(19)5-6-13(14)20/h1-6,8,10H,7,9H2,(H,21,24)/t10-/m1/s1. The molecule has 1 heterocycles. The molecule has 0 unspecified atom stereocenters. The van der Waals surface area contributed by atoms with Crippen molar-refractivity contribution in [1.82, 2.24) is 0 Å². The number of para-hydroxylation sites is 1. The molecule has 1 saturated heterocycles. The molecule has 0 spiro atoms. The van der Waals surface area contributed by atoms with Crippen LogP contribution in [0.1, 0.15) is 6.42 Å². The van der Waals surface area contributed by atoms with Crippen molar-refractivity contribution >= 4 is 39.1 Å². The number of benzene rings is 2. The third-order valence-electron chi connectivity index (χ3n) is 3.83. The van der Waals surface area contributed by atoms with Gasteiger partial charge in [-0.3, -0.25) is 9.59 Å². The quantitative estimate of drug-likeness (QED) is 0.862. The minimum atomic E-state index is -0.725. The van der Waals surface area contributed by atoms with Gasteiger partial charge < -0.3 is 10.2 Å². The van der Waals surface area contributed by atoms with E-state index in [2.05, 4.69) is 21.2 Å². The summed E-state index contributed by atoms with van der Waals surface area (Å²) >= 11 is 3.38. The van der Waals surface area contributed by atoms with Crippen LogP contribution in [0.2, 0.25) is 0 Å². The predicted molar refractivity (Wildman–Crippen MR) is 89.6 cm³/mol. The maximum Gasteiger partial charge on any atom is 0.229 e. The van der Waals surface area contributed by atoms with E-state index in [0.29, 0.717) is 5.69 Å². The molecule has 124 valence electrons. The van der Waals surface area contributed by atoms with Gasteiger partial charge in [0, 0.05) is 23.5 Å². The first-order valence-corrected chi connectivity index (χ1v) is 8.06. The maximum atomic E-state index is 13.6. The lowest BCUT2D eigenvalue weighted by Gasteiger charge is -2.18. The minimum Gasteiger partial charge on any atom is -0.323 e. The molecule has 4 nitrogen and oxygen atoms in total. The highest BCUT2D eigenvalue weighted by Crippen LogP contribution is 2.31. The Labute approximate surface area is 145 Å². The summed E-state index contributed by atoms with van der Waals surface area (Å²) in [5, 5.41) is 2.36. The van der Waals surface area contributed by atoms with Crippen LogP contribution in [-0.4, -0.2) is 18.4 Å². The fraction of sp³-hybridized carbons (Fsp3) is 0.176. The molecular formula is C17H13BrF2N2O2. The lowest BCUT2D eigenvalue weighted by molar-refractivity contribution is -0.122. The molecule has 0 saturated carbocycles. The average molecular weight is 395 g/mol. The molecule has 0 aliphatic carbocycles. The first-order chi connectivity index (χ1) is 11.5. The van der Waals surface area contributed by atoms with Gasteiger partial charge in [-0.1, -0.05) is 12.1 Å². The molecule has 1 aliphatic rings. The molecule has 2 amide bonds. The van der Waals surface area contributed by atoms with Gasteiger partial charge in [0.1, 0.15) is 11.6 Å². The Bertz CT molecular complexity index is 813. The van der Waals surface area contributed by atoms with E-state index in [4.69, 9.17) is 0 Å². The summed E-state index contributed by atoms with van der Waals surface area (Å²) in [7, 11) is 0. The van der Waals surface area contributed by atoms with Gasteiger partial charge >= 0.3 is 0 Å². The highest BCUT2D eigenvalue weighted by Gasteiger charge is 2.36. The highest BCUT2D eigenvalue weighted by molar-refractivity contribution is 9.10. The Balaban J connectivity index is 1.75. The first kappa shape index (κ1) is 16.6. The number of nitrogens with one attached hydrogen (secondary N) is 1. The molecule has 3 rings (SSSR count). The van der Waals surface area contributed by atoms with Gasteiger partial charge in [-0.2, -0.15) is 0 Å². The fourth-order valence-electron chi connectivity index (χ4n) is 2.61. The first-order valence-electron chi connectivity index (χ1n) is 7.26. The number of nitrogens with zero attached hydrogens (tertiary/aromatic N) is 1. The summed E-state index contributed by atoms with van der Waals surface area (Å²) in [5.74, 6) is -2.71. The lowest BCUT2D eigenvalue weighted by Crippen LogP contribution is -2.28. The smallest absolute Gasteiger partial charge is 0.229 e. The number of hydrogen-bond acceptors (Lipinski definition) is 2. The van der Waals surface area contributed by atoms with E-state index in [1.165, 1.54) is 4.90 Å². The molecular weight excluding hydrogens is 382 g/mol. The number of hydrogen-bond donors (Lipinski definition) is 1. The number of carbonyl (C=O) groups excluding carboxylic acids is 2. The molecule has 1 fully saturated rings. The number of amides is 2. The Morgan fingerprint density at radius 2 is 1.96 bits per heavy atom. The van der Waals surface area contributed by atoms with Gasteiger partial charge in [-0.15, -0.1) is 0 Å². The van der Waals surface area contributed by atoms with E-state index in [0.717, 1.165) is 22.7 Å². The summed E-state index contributed by atoms with van der Waals surface area (Å²) in [6.07, 6.45) is 0.0180. The van der Waals surface area contributed by atoms with E-state index in [-0.39, 0.29) is 24.6 Å². The van der Waals surface area contributed by atoms with Crippen molar-refractivity contribution in [1.29, 1.82) is 0 Å². The summed E-state index contributed by atoms with van der Waals surface area (Å²) in [4.78, 5) is 26.0. The largest absolute Gasteiger partial charge is 0.323 e. The van der Waals surface area contributed by atoms with Crippen LogP contribution in [0.25, 0.3) is 0 Å². The molecule has 1 atom stereocenters. The van der Waals surface area contributed by atoms with Gasteiger partial charge in [0.05, 0.1) is 17.3 Å². The highest BCUT2D eigenvalue weighted by atomic mass is 79.9. The summed E-state index contributed by atoms with van der Waals surface area (Å²) in [6.45, 7) is 0.185. The van der Waals surface area contributed by atoms with Crippen LogP contribution in [0.5, 0.6) is 0 Å². The van der Waals surface area contributed by atoms with Crippen molar-refractivity contribution in [3.05, 3.63) is 58.6 Å². The molecule has 7 heteroatoms. The second-order valence-electron chi connectivity index (χ2n) is 5.47. The van der Waals surface area contributed by atoms with Crippen LogP contribution >= 0.6 is 15.9 Å². The number of rotatable bonds is 3. The second-order valence-corrected chi connectivity index (χ2v) is 6.32. The molecule has 0 radical (unpaired) electrons. The summed E-state index contributed by atoms with van der Waals surface area (Å²) < 4.78 is 27.5. The zero-order valence-electron chi connectivity index (χ0n) is 12.4. The van der Waals surface area contributed by atoms with Crippen LogP contribution in [0, 0.1) is 17.6 Å². The summed E-state index contributed by atoms with van der Waals surface area (Å²) in [5.41, 5.74) is 0.446. The molecule has 2 aromatic carbocycles. The molecule has 0 aromatic heterocycles. The minimum absolute atomic E-state index is 0.0180. The topological polar surface area (TPSA) is 49.4 Å². The van der Waals surface area contributed by atoms with Gasteiger partial charge in [-0.25, -0.2) is 8.78 Å². The molecule has 2 aromatic rings. The normalized spacial score (nSPS) is 17.2. The SMILES string of the molecule is O=C(Nc1cc(F)ccc1F)[C@@H]1CC(=O)N(c2ccccc2Br)C1. The van der Waals surface area contributed by atoms with Crippen LogP contribution < -0.4 is 10.2 Å². The van der Waals surface area contributed by atoms with Crippen LogP contribution in [0.15, 0.2) is 46.9 Å². The Kier molecular flexibility index (Phi) is 4.62. The van der Waals surface area contributed by atoms with Crippen molar-refractivity contribution in [3.8, 4) is 0 Å². The van der Waals surface area contributed by atoms with Crippen LogP contribution in [0.4, 0.5) is 20.2 Å².